The third-order valence-corrected chi connectivity index (χ3v) is 15.5. The van der Waals surface area contributed by atoms with Gasteiger partial charge in [-0.25, -0.2) is 4.79 Å². The van der Waals surface area contributed by atoms with Crippen molar-refractivity contribution in [2.75, 3.05) is 92.6 Å². The van der Waals surface area contributed by atoms with Crippen LogP contribution in [0.3, 0.4) is 0 Å². The maximum atomic E-state index is 12.7. The Morgan fingerprint density at radius 2 is 1.08 bits per heavy atom. The first-order valence-corrected chi connectivity index (χ1v) is 32.3. The molecule has 4 amide bonds. The summed E-state index contributed by atoms with van der Waals surface area (Å²) in [5.74, 6) is -3.09. The van der Waals surface area contributed by atoms with Gasteiger partial charge in [-0.3, -0.25) is 28.8 Å². The Hall–Kier alpha value is -4.90. The van der Waals surface area contributed by atoms with E-state index in [4.69, 9.17) is 29.8 Å². The normalized spacial score (nSPS) is 14.8. The Labute approximate surface area is 515 Å². The molecule has 86 heavy (non-hydrogen) atoms. The molecule has 0 aliphatic heterocycles. The minimum atomic E-state index is -1.07. The number of aliphatic carboxylic acids is 2. The fourth-order valence-corrected chi connectivity index (χ4v) is 10.0. The molecule has 0 aromatic heterocycles. The minimum Gasteiger partial charge on any atom is -0.481 e. The second-order valence-corrected chi connectivity index (χ2v) is 23.2. The number of carbonyl (C=O) groups is 8. The molecule has 496 valence electrons. The lowest BCUT2D eigenvalue weighted by molar-refractivity contribution is -0.143. The fourth-order valence-electron chi connectivity index (χ4n) is 10.0. The molecule has 3 atom stereocenters. The minimum absolute atomic E-state index is 0. The first kappa shape index (κ1) is 81.1. The number of ether oxygens (including phenoxy) is 4. The SMILES string of the molecule is CC(=O)CC[C@H](NC(=O)C1CCC(CNCCCCCCCCCCCCCCCCCCCC(=O)O)CC1)C(=O)O.CNCCOCCOCC(=O)NCCOCCOCC(=O)NCCCC[C@H](C)C(=O)C[C@@H](Cc1ccc(C)cc1)C(N)=O.O. The lowest BCUT2D eigenvalue weighted by Crippen LogP contribution is -2.44. The molecule has 1 aliphatic carbocycles. The molecule has 1 aliphatic rings. The number of likely N-dealkylation sites (N-methyl/N-ethyl adjacent to an activating group) is 1. The average Bonchev–Trinajstić information content (AvgIpc) is 3.60. The summed E-state index contributed by atoms with van der Waals surface area (Å²) in [5, 5.41) is 32.7. The number of carboxylic acids is 2. The van der Waals surface area contributed by atoms with Crippen LogP contribution < -0.4 is 32.3 Å². The maximum Gasteiger partial charge on any atom is 0.326 e. The molecule has 0 saturated heterocycles. The molecule has 0 spiro atoms. The Morgan fingerprint density at radius 3 is 1.58 bits per heavy atom. The van der Waals surface area contributed by atoms with Crippen molar-refractivity contribution in [3.05, 3.63) is 35.4 Å². The first-order valence-electron chi connectivity index (χ1n) is 32.3. The largest absolute Gasteiger partial charge is 0.481 e. The molecule has 21 heteroatoms. The Balaban J connectivity index is 0.00000166. The highest BCUT2D eigenvalue weighted by molar-refractivity contribution is 5.87. The van der Waals surface area contributed by atoms with Gasteiger partial charge in [-0.2, -0.15) is 0 Å². The van der Waals surface area contributed by atoms with Gasteiger partial charge >= 0.3 is 11.9 Å². The molecule has 0 unspecified atom stereocenters. The van der Waals surface area contributed by atoms with E-state index in [1.807, 2.05) is 45.2 Å². The van der Waals surface area contributed by atoms with E-state index in [0.29, 0.717) is 71.3 Å². The predicted octanol–water partition coefficient (Wildman–Crippen LogP) is 7.53. The molecule has 0 radical (unpaired) electrons. The Morgan fingerprint density at radius 1 is 0.593 bits per heavy atom. The second-order valence-electron chi connectivity index (χ2n) is 23.2. The van der Waals surface area contributed by atoms with Crippen LogP contribution in [-0.4, -0.2) is 161 Å². The van der Waals surface area contributed by atoms with Crippen molar-refractivity contribution in [1.29, 1.82) is 0 Å². The van der Waals surface area contributed by atoms with Crippen LogP contribution in [0.5, 0.6) is 0 Å². The van der Waals surface area contributed by atoms with E-state index in [1.54, 1.807) is 0 Å². The summed E-state index contributed by atoms with van der Waals surface area (Å²) in [6, 6.07) is 6.90. The van der Waals surface area contributed by atoms with Gasteiger partial charge in [0.05, 0.1) is 39.6 Å². The lowest BCUT2D eigenvalue weighted by Gasteiger charge is -2.29. The number of rotatable bonds is 55. The van der Waals surface area contributed by atoms with Crippen LogP contribution >= 0.6 is 0 Å². The third kappa shape index (κ3) is 48.2. The van der Waals surface area contributed by atoms with Gasteiger partial charge in [-0.1, -0.05) is 139 Å². The quantitative estimate of drug-likeness (QED) is 0.0292. The summed E-state index contributed by atoms with van der Waals surface area (Å²) in [6.45, 7) is 11.1. The monoisotopic (exact) mass is 1220 g/mol. The summed E-state index contributed by atoms with van der Waals surface area (Å²) in [7, 11) is 1.85. The Bertz CT molecular complexity index is 1940. The van der Waals surface area contributed by atoms with Crippen LogP contribution in [0.2, 0.25) is 0 Å². The van der Waals surface area contributed by atoms with Gasteiger partial charge in [0, 0.05) is 56.7 Å². The van der Waals surface area contributed by atoms with Gasteiger partial charge in [-0.05, 0) is 110 Å². The first-order chi connectivity index (χ1) is 41.0. The zero-order chi connectivity index (χ0) is 62.6. The highest BCUT2D eigenvalue weighted by Crippen LogP contribution is 2.29. The van der Waals surface area contributed by atoms with E-state index in [0.717, 1.165) is 82.1 Å². The summed E-state index contributed by atoms with van der Waals surface area (Å²) >= 11 is 0. The van der Waals surface area contributed by atoms with Gasteiger partial charge < -0.3 is 71.7 Å². The number of carboxylic acid groups (broad SMARTS) is 2. The number of benzene rings is 1. The fraction of sp³-hybridized carbons (Fsp3) is 0.785. The molecule has 1 aromatic carbocycles. The lowest BCUT2D eigenvalue weighted by atomic mass is 9.81. The van der Waals surface area contributed by atoms with Crippen molar-refractivity contribution in [3.8, 4) is 0 Å². The van der Waals surface area contributed by atoms with Crippen LogP contribution in [0.1, 0.15) is 205 Å². The Kier molecular flexibility index (Phi) is 52.3. The van der Waals surface area contributed by atoms with Crippen LogP contribution in [0.4, 0.5) is 0 Å². The number of Topliss-reactive ketones (excluding diaryl/α,β-unsaturated/α-hetero) is 2. The zero-order valence-corrected chi connectivity index (χ0v) is 53.3. The second kappa shape index (κ2) is 55.4. The highest BCUT2D eigenvalue weighted by Gasteiger charge is 2.29. The van der Waals surface area contributed by atoms with E-state index in [2.05, 4.69) is 26.6 Å². The highest BCUT2D eigenvalue weighted by atomic mass is 16.5. The molecule has 11 N–H and O–H groups in total. The van der Waals surface area contributed by atoms with E-state index < -0.39 is 29.8 Å². The van der Waals surface area contributed by atoms with Crippen LogP contribution in [0, 0.1) is 30.6 Å². The van der Waals surface area contributed by atoms with Gasteiger partial charge in [0.1, 0.15) is 30.8 Å². The smallest absolute Gasteiger partial charge is 0.326 e. The standard InChI is InChI=1S/C34H62N2O6.C31H52N4O8.H2O/c1-28(37)20-25-31(34(41)42)36-33(40)30-23-21-29(22-24-30)27-35-26-18-16-14-12-10-8-6-4-2-3-5-7-9-11-13-15-17-19-32(38)39;1-24-7-9-26(10-8-24)20-27(31(32)39)21-28(36)25(2)6-4-5-11-34-29(37)22-42-19-17-41-15-13-35-30(38)23-43-18-16-40-14-12-33-3;/h29-31,35H,2-27H2,1H3,(H,36,40)(H,38,39)(H,41,42);7-10,25,27,33H,4-6,11-23H2,1-3H3,(H2,32,39)(H,34,37)(H,35,38);1H2/t29?,30?,31-;25-,27+;/m00./s1. The number of ketones is 2. The van der Waals surface area contributed by atoms with Gasteiger partial charge in [0.2, 0.25) is 23.6 Å². The van der Waals surface area contributed by atoms with Crippen molar-refractivity contribution in [2.24, 2.45) is 29.4 Å². The van der Waals surface area contributed by atoms with Crippen LogP contribution in [0.15, 0.2) is 24.3 Å². The van der Waals surface area contributed by atoms with Crippen LogP contribution in [-0.2, 0) is 63.7 Å². The molecule has 21 nitrogen and oxygen atoms in total. The number of primary amides is 1. The van der Waals surface area contributed by atoms with Gasteiger partial charge in [-0.15, -0.1) is 0 Å². The number of amides is 4. The summed E-state index contributed by atoms with van der Waals surface area (Å²) in [5.41, 5.74) is 7.69. The molecule has 1 aromatic rings. The molecule has 1 fully saturated rings. The summed E-state index contributed by atoms with van der Waals surface area (Å²) < 4.78 is 21.2. The topological polar surface area (TPSA) is 332 Å². The number of nitrogens with two attached hydrogens (primary N) is 1. The van der Waals surface area contributed by atoms with E-state index in [-0.39, 0.29) is 85.7 Å². The molecule has 0 bridgehead atoms. The van der Waals surface area contributed by atoms with E-state index in [9.17, 15) is 43.5 Å². The summed E-state index contributed by atoms with van der Waals surface area (Å²) in [6.07, 6.45) is 28.7. The van der Waals surface area contributed by atoms with E-state index in [1.165, 1.54) is 103 Å². The number of unbranched alkanes of at least 4 members (excludes halogenated alkanes) is 17. The van der Waals surface area contributed by atoms with Crippen molar-refractivity contribution >= 4 is 47.1 Å². The number of carbonyl (C=O) groups excluding carboxylic acids is 6. The molecular weight excluding hydrogens is 1100 g/mol. The zero-order valence-electron chi connectivity index (χ0n) is 53.3. The number of hydrogen-bond donors (Lipinski definition) is 8. The number of aryl methyl sites for hydroxylation is 1. The average molecular weight is 1220 g/mol. The summed E-state index contributed by atoms with van der Waals surface area (Å²) in [4.78, 5) is 93.8. The van der Waals surface area contributed by atoms with Crippen molar-refractivity contribution in [3.63, 3.8) is 0 Å². The molecular formula is C65H116N6O15. The third-order valence-electron chi connectivity index (χ3n) is 15.5. The number of hydrogen-bond acceptors (Lipinski definition) is 14. The maximum absolute atomic E-state index is 12.7. The van der Waals surface area contributed by atoms with Crippen molar-refractivity contribution in [2.45, 2.75) is 213 Å². The van der Waals surface area contributed by atoms with Gasteiger partial charge in [0.15, 0.2) is 0 Å². The predicted molar refractivity (Wildman–Crippen MR) is 336 cm³/mol. The van der Waals surface area contributed by atoms with Crippen LogP contribution in [0.25, 0.3) is 0 Å². The van der Waals surface area contributed by atoms with Gasteiger partial charge in [0.25, 0.3) is 0 Å². The van der Waals surface area contributed by atoms with E-state index >= 15 is 0 Å². The molecule has 1 saturated carbocycles. The molecule has 0 heterocycles. The van der Waals surface area contributed by atoms with Crippen molar-refractivity contribution in [1.82, 2.24) is 26.6 Å². The molecule has 2 rings (SSSR count). The number of nitrogens with one attached hydrogen (secondary N) is 5. The van der Waals surface area contributed by atoms with Crippen molar-refractivity contribution < 1.29 is 73.0 Å².